The van der Waals surface area contributed by atoms with E-state index < -0.39 is 10.0 Å². The molecule has 6 heteroatoms. The molecule has 114 valence electrons. The molecule has 1 aromatic rings. The second-order valence-electron chi connectivity index (χ2n) is 5.54. The maximum absolute atomic E-state index is 12.3. The molecule has 20 heavy (non-hydrogen) atoms. The maximum atomic E-state index is 12.3. The van der Waals surface area contributed by atoms with Gasteiger partial charge >= 0.3 is 0 Å². The van der Waals surface area contributed by atoms with Gasteiger partial charge in [0.25, 0.3) is 0 Å². The van der Waals surface area contributed by atoms with Gasteiger partial charge in [-0.1, -0.05) is 13.3 Å². The lowest BCUT2D eigenvalue weighted by atomic mass is 9.86. The highest BCUT2D eigenvalue weighted by Gasteiger charge is 2.22. The molecular weight excluding hydrogens is 274 g/mol. The zero-order valence-corrected chi connectivity index (χ0v) is 13.2. The van der Waals surface area contributed by atoms with Crippen LogP contribution in [0.5, 0.6) is 0 Å². The van der Waals surface area contributed by atoms with Crippen LogP contribution in [-0.2, 0) is 23.1 Å². The average molecular weight is 299 g/mol. The Bertz CT molecular complexity index is 509. The summed E-state index contributed by atoms with van der Waals surface area (Å²) in [4.78, 5) is 0.385. The van der Waals surface area contributed by atoms with Gasteiger partial charge in [0.1, 0.15) is 0 Å². The second-order valence-corrected chi connectivity index (χ2v) is 7.31. The lowest BCUT2D eigenvalue weighted by Crippen LogP contribution is -2.32. The van der Waals surface area contributed by atoms with Crippen LogP contribution >= 0.6 is 0 Å². The molecule has 1 fully saturated rings. The molecule has 5 nitrogen and oxygen atoms in total. The first-order chi connectivity index (χ1) is 9.56. The summed E-state index contributed by atoms with van der Waals surface area (Å²) in [6.07, 6.45) is 6.25. The lowest BCUT2D eigenvalue weighted by Gasteiger charge is -2.25. The molecular formula is C14H25N3O2S. The maximum Gasteiger partial charge on any atom is 0.242 e. The van der Waals surface area contributed by atoms with Gasteiger partial charge in [0.05, 0.1) is 4.90 Å². The monoisotopic (exact) mass is 299 g/mol. The molecule has 1 aliphatic carbocycles. The Hall–Kier alpha value is -0.850. The predicted octanol–water partition coefficient (Wildman–Crippen LogP) is 1.70. The van der Waals surface area contributed by atoms with Crippen LogP contribution in [0, 0.1) is 5.92 Å². The molecule has 0 radical (unpaired) electrons. The summed E-state index contributed by atoms with van der Waals surface area (Å²) in [5.41, 5.74) is 1.01. The summed E-state index contributed by atoms with van der Waals surface area (Å²) in [5, 5.41) is 3.08. The van der Waals surface area contributed by atoms with Gasteiger partial charge in [0, 0.05) is 31.5 Å². The molecule has 1 aliphatic rings. The quantitative estimate of drug-likeness (QED) is 0.768. The van der Waals surface area contributed by atoms with E-state index in [1.807, 2.05) is 11.6 Å². The first-order valence-corrected chi connectivity index (χ1v) is 8.88. The topological polar surface area (TPSA) is 63.1 Å². The summed E-state index contributed by atoms with van der Waals surface area (Å²) in [6.45, 7) is 4.18. The Morgan fingerprint density at radius 2 is 2.15 bits per heavy atom. The molecule has 0 aromatic carbocycles. The van der Waals surface area contributed by atoms with Gasteiger partial charge in [-0.3, -0.25) is 0 Å². The van der Waals surface area contributed by atoms with Crippen molar-refractivity contribution in [2.24, 2.45) is 5.92 Å². The molecule has 1 saturated carbocycles. The van der Waals surface area contributed by atoms with E-state index >= 15 is 0 Å². The van der Waals surface area contributed by atoms with Crippen molar-refractivity contribution in [2.75, 3.05) is 13.6 Å². The standard InChI is InChI=1S/C14H25N3O2S/c1-3-7-17-11-14(8-13(17)10-15-2)20(18,19)16-9-12-5-4-6-12/h8,11-12,15-16H,3-7,9-10H2,1-2H3. The fourth-order valence-electron chi connectivity index (χ4n) is 2.46. The summed E-state index contributed by atoms with van der Waals surface area (Å²) >= 11 is 0. The highest BCUT2D eigenvalue weighted by molar-refractivity contribution is 7.89. The first kappa shape index (κ1) is 15.5. The fourth-order valence-corrected chi connectivity index (χ4v) is 3.64. The minimum absolute atomic E-state index is 0.385. The lowest BCUT2D eigenvalue weighted by molar-refractivity contribution is 0.316. The Morgan fingerprint density at radius 1 is 1.40 bits per heavy atom. The second kappa shape index (κ2) is 6.74. The van der Waals surface area contributed by atoms with Crippen molar-refractivity contribution >= 4 is 10.0 Å². The Labute approximate surface area is 121 Å². The van der Waals surface area contributed by atoms with Gasteiger partial charge in [-0.25, -0.2) is 13.1 Å². The van der Waals surface area contributed by atoms with Gasteiger partial charge in [-0.2, -0.15) is 0 Å². The van der Waals surface area contributed by atoms with Crippen LogP contribution in [0.1, 0.15) is 38.3 Å². The van der Waals surface area contributed by atoms with Crippen molar-refractivity contribution in [3.8, 4) is 0 Å². The number of nitrogens with one attached hydrogen (secondary N) is 2. The molecule has 0 aliphatic heterocycles. The minimum Gasteiger partial charge on any atom is -0.349 e. The Morgan fingerprint density at radius 3 is 2.70 bits per heavy atom. The Balaban J connectivity index is 2.10. The van der Waals surface area contributed by atoms with Gasteiger partial charge in [0.15, 0.2) is 0 Å². The van der Waals surface area contributed by atoms with Gasteiger partial charge in [-0.05, 0) is 38.3 Å². The summed E-state index contributed by atoms with van der Waals surface area (Å²) in [6, 6.07) is 1.77. The average Bonchev–Trinajstić information content (AvgIpc) is 2.72. The number of aromatic nitrogens is 1. The summed E-state index contributed by atoms with van der Waals surface area (Å²) in [5.74, 6) is 0.527. The molecule has 0 atom stereocenters. The molecule has 0 saturated heterocycles. The SMILES string of the molecule is CCCn1cc(S(=O)(=O)NCC2CCC2)cc1CNC. The molecule has 1 heterocycles. The van der Waals surface area contributed by atoms with Crippen molar-refractivity contribution in [3.05, 3.63) is 18.0 Å². The number of hydrogen-bond donors (Lipinski definition) is 2. The highest BCUT2D eigenvalue weighted by Crippen LogP contribution is 2.26. The number of nitrogens with zero attached hydrogens (tertiary/aromatic N) is 1. The van der Waals surface area contributed by atoms with Crippen LogP contribution in [0.25, 0.3) is 0 Å². The molecule has 1 aromatic heterocycles. The molecule has 2 rings (SSSR count). The summed E-state index contributed by atoms with van der Waals surface area (Å²) in [7, 11) is -1.50. The minimum atomic E-state index is -3.37. The van der Waals surface area contributed by atoms with Crippen molar-refractivity contribution < 1.29 is 8.42 Å². The van der Waals surface area contributed by atoms with Crippen LogP contribution in [-0.4, -0.2) is 26.6 Å². The van der Waals surface area contributed by atoms with Crippen LogP contribution in [0.4, 0.5) is 0 Å². The van der Waals surface area contributed by atoms with Gasteiger partial charge in [0.2, 0.25) is 10.0 Å². The predicted molar refractivity (Wildman–Crippen MR) is 80.0 cm³/mol. The molecule has 2 N–H and O–H groups in total. The van der Waals surface area contributed by atoms with Crippen LogP contribution in [0.2, 0.25) is 0 Å². The van der Waals surface area contributed by atoms with Gasteiger partial charge in [-0.15, -0.1) is 0 Å². The number of sulfonamides is 1. The summed E-state index contributed by atoms with van der Waals surface area (Å²) < 4.78 is 29.4. The third kappa shape index (κ3) is 3.62. The molecule has 0 unspecified atom stereocenters. The first-order valence-electron chi connectivity index (χ1n) is 7.40. The van der Waals surface area contributed by atoms with E-state index in [1.165, 1.54) is 6.42 Å². The van der Waals surface area contributed by atoms with E-state index in [-0.39, 0.29) is 0 Å². The van der Waals surface area contributed by atoms with Crippen LogP contribution in [0.3, 0.4) is 0 Å². The van der Waals surface area contributed by atoms with Crippen molar-refractivity contribution in [1.82, 2.24) is 14.6 Å². The molecule has 0 bridgehead atoms. The van der Waals surface area contributed by atoms with E-state index in [2.05, 4.69) is 17.0 Å². The fraction of sp³-hybridized carbons (Fsp3) is 0.714. The molecule has 0 spiro atoms. The van der Waals surface area contributed by atoms with Gasteiger partial charge < -0.3 is 9.88 Å². The largest absolute Gasteiger partial charge is 0.349 e. The number of rotatable bonds is 8. The van der Waals surface area contributed by atoms with Crippen molar-refractivity contribution in [1.29, 1.82) is 0 Å². The van der Waals surface area contributed by atoms with Crippen LogP contribution in [0.15, 0.2) is 17.2 Å². The van der Waals surface area contributed by atoms with Crippen LogP contribution < -0.4 is 10.0 Å². The van der Waals surface area contributed by atoms with E-state index in [0.717, 1.165) is 31.5 Å². The van der Waals surface area contributed by atoms with E-state index in [4.69, 9.17) is 0 Å². The molecule has 0 amide bonds. The zero-order chi connectivity index (χ0) is 14.6. The zero-order valence-electron chi connectivity index (χ0n) is 12.4. The normalized spacial score (nSPS) is 16.3. The van der Waals surface area contributed by atoms with E-state index in [1.54, 1.807) is 12.3 Å². The smallest absolute Gasteiger partial charge is 0.242 e. The highest BCUT2D eigenvalue weighted by atomic mass is 32.2. The third-order valence-corrected chi connectivity index (χ3v) is 5.27. The van der Waals surface area contributed by atoms with E-state index in [9.17, 15) is 8.42 Å². The van der Waals surface area contributed by atoms with Crippen molar-refractivity contribution in [3.63, 3.8) is 0 Å². The Kier molecular flexibility index (Phi) is 5.23. The van der Waals surface area contributed by atoms with E-state index in [0.29, 0.717) is 23.9 Å². The number of aryl methyl sites for hydroxylation is 1. The third-order valence-electron chi connectivity index (χ3n) is 3.88. The number of hydrogen-bond acceptors (Lipinski definition) is 3. The van der Waals surface area contributed by atoms with Crippen molar-refractivity contribution in [2.45, 2.75) is 50.6 Å².